The van der Waals surface area contributed by atoms with E-state index in [0.29, 0.717) is 12.0 Å². The molecule has 0 saturated heterocycles. The monoisotopic (exact) mass is 180 g/mol. The van der Waals surface area contributed by atoms with Gasteiger partial charge < -0.3 is 9.84 Å². The molecule has 1 aliphatic carbocycles. The van der Waals surface area contributed by atoms with E-state index in [4.69, 9.17) is 4.52 Å². The fourth-order valence-corrected chi connectivity index (χ4v) is 1.28. The molecule has 0 radical (unpaired) electrons. The maximum Gasteiger partial charge on any atom is 0.140 e. The predicted octanol–water partition coefficient (Wildman–Crippen LogP) is 2.05. The van der Waals surface area contributed by atoms with Crippen LogP contribution in [-0.4, -0.2) is 11.2 Å². The van der Waals surface area contributed by atoms with Gasteiger partial charge >= 0.3 is 0 Å². The Morgan fingerprint density at radius 3 is 3.00 bits per heavy atom. The van der Waals surface area contributed by atoms with Gasteiger partial charge in [0.15, 0.2) is 0 Å². The van der Waals surface area contributed by atoms with Crippen LogP contribution in [0.4, 0.5) is 0 Å². The average molecular weight is 180 g/mol. The van der Waals surface area contributed by atoms with E-state index in [9.17, 15) is 0 Å². The summed E-state index contributed by atoms with van der Waals surface area (Å²) in [5.41, 5.74) is 1.02. The number of hydrogen-bond donors (Lipinski definition) is 1. The molecular formula is C10H16N2O. The lowest BCUT2D eigenvalue weighted by molar-refractivity contribution is 0.375. The van der Waals surface area contributed by atoms with Crippen LogP contribution in [0.2, 0.25) is 0 Å². The third kappa shape index (κ3) is 2.31. The summed E-state index contributed by atoms with van der Waals surface area (Å²) in [5.74, 6) is 1.74. The van der Waals surface area contributed by atoms with Crippen molar-refractivity contribution in [3.05, 3.63) is 17.5 Å². The Morgan fingerprint density at radius 1 is 1.62 bits per heavy atom. The maximum atomic E-state index is 5.23. The summed E-state index contributed by atoms with van der Waals surface area (Å²) >= 11 is 0. The van der Waals surface area contributed by atoms with Gasteiger partial charge in [-0.05, 0) is 12.8 Å². The van der Waals surface area contributed by atoms with Crippen LogP contribution in [0, 0.1) is 0 Å². The Balaban J connectivity index is 1.89. The van der Waals surface area contributed by atoms with E-state index >= 15 is 0 Å². The Hall–Kier alpha value is -0.830. The molecule has 3 nitrogen and oxygen atoms in total. The van der Waals surface area contributed by atoms with E-state index in [2.05, 4.69) is 30.4 Å². The predicted molar refractivity (Wildman–Crippen MR) is 50.5 cm³/mol. The molecule has 0 bridgehead atoms. The van der Waals surface area contributed by atoms with Crippen molar-refractivity contribution in [2.45, 2.75) is 45.2 Å². The van der Waals surface area contributed by atoms with Gasteiger partial charge in [0.25, 0.3) is 0 Å². The number of nitrogens with one attached hydrogen (secondary N) is 1. The van der Waals surface area contributed by atoms with Crippen LogP contribution < -0.4 is 5.32 Å². The van der Waals surface area contributed by atoms with E-state index in [1.54, 1.807) is 0 Å². The molecular weight excluding hydrogens is 164 g/mol. The second-order valence-corrected chi connectivity index (χ2v) is 4.03. The van der Waals surface area contributed by atoms with Crippen molar-refractivity contribution in [1.82, 2.24) is 10.5 Å². The average Bonchev–Trinajstić information content (AvgIpc) is 2.83. The van der Waals surface area contributed by atoms with Crippen molar-refractivity contribution in [2.24, 2.45) is 0 Å². The first-order chi connectivity index (χ1) is 6.25. The molecule has 1 saturated carbocycles. The van der Waals surface area contributed by atoms with E-state index in [-0.39, 0.29) is 0 Å². The van der Waals surface area contributed by atoms with Gasteiger partial charge in [-0.1, -0.05) is 19.0 Å². The molecule has 1 aliphatic rings. The molecule has 0 aromatic carbocycles. The number of hydrogen-bond acceptors (Lipinski definition) is 3. The standard InChI is InChI=1S/C10H16N2O/c1-7(2)11-6-9-5-10(13-12-9)8-3-4-8/h5,7-8,11H,3-4,6H2,1-2H3. The summed E-state index contributed by atoms with van der Waals surface area (Å²) in [5, 5.41) is 7.32. The van der Waals surface area contributed by atoms with Crippen LogP contribution >= 0.6 is 0 Å². The first kappa shape index (κ1) is 8.75. The van der Waals surface area contributed by atoms with Crippen LogP contribution in [0.1, 0.15) is 44.1 Å². The van der Waals surface area contributed by atoms with Gasteiger partial charge in [0.1, 0.15) is 5.76 Å². The van der Waals surface area contributed by atoms with Crippen LogP contribution in [0.15, 0.2) is 10.6 Å². The van der Waals surface area contributed by atoms with Crippen molar-refractivity contribution >= 4 is 0 Å². The molecule has 13 heavy (non-hydrogen) atoms. The minimum Gasteiger partial charge on any atom is -0.361 e. The molecule has 0 atom stereocenters. The van der Waals surface area contributed by atoms with E-state index in [1.807, 2.05) is 0 Å². The summed E-state index contributed by atoms with van der Waals surface area (Å²) in [4.78, 5) is 0. The van der Waals surface area contributed by atoms with Gasteiger partial charge in [0, 0.05) is 24.6 Å². The van der Waals surface area contributed by atoms with E-state index in [0.717, 1.165) is 18.0 Å². The van der Waals surface area contributed by atoms with Gasteiger partial charge in [-0.2, -0.15) is 0 Å². The SMILES string of the molecule is CC(C)NCc1cc(C2CC2)on1. The molecule has 2 rings (SSSR count). The van der Waals surface area contributed by atoms with E-state index in [1.165, 1.54) is 12.8 Å². The molecule has 1 fully saturated rings. The second-order valence-electron chi connectivity index (χ2n) is 4.03. The zero-order valence-corrected chi connectivity index (χ0v) is 8.21. The highest BCUT2D eigenvalue weighted by molar-refractivity contribution is 5.14. The summed E-state index contributed by atoms with van der Waals surface area (Å²) < 4.78 is 5.23. The third-order valence-corrected chi connectivity index (χ3v) is 2.25. The van der Waals surface area contributed by atoms with Crippen LogP contribution in [-0.2, 0) is 6.54 Å². The van der Waals surface area contributed by atoms with Gasteiger partial charge in [-0.25, -0.2) is 0 Å². The Bertz CT molecular complexity index is 276. The van der Waals surface area contributed by atoms with Crippen molar-refractivity contribution in [3.8, 4) is 0 Å². The topological polar surface area (TPSA) is 38.1 Å². The Kier molecular flexibility index (Phi) is 2.36. The van der Waals surface area contributed by atoms with Crippen molar-refractivity contribution in [1.29, 1.82) is 0 Å². The zero-order valence-electron chi connectivity index (χ0n) is 8.21. The largest absolute Gasteiger partial charge is 0.361 e. The van der Waals surface area contributed by atoms with Crippen LogP contribution in [0.5, 0.6) is 0 Å². The summed E-state index contributed by atoms with van der Waals surface area (Å²) in [7, 11) is 0. The summed E-state index contributed by atoms with van der Waals surface area (Å²) in [6, 6.07) is 2.58. The second kappa shape index (κ2) is 3.50. The van der Waals surface area contributed by atoms with Crippen molar-refractivity contribution < 1.29 is 4.52 Å². The van der Waals surface area contributed by atoms with Crippen LogP contribution in [0.25, 0.3) is 0 Å². The lowest BCUT2D eigenvalue weighted by Gasteiger charge is -2.03. The highest BCUT2D eigenvalue weighted by Gasteiger charge is 2.27. The highest BCUT2D eigenvalue weighted by atomic mass is 16.5. The lowest BCUT2D eigenvalue weighted by Crippen LogP contribution is -2.21. The number of rotatable bonds is 4. The Morgan fingerprint density at radius 2 is 2.38 bits per heavy atom. The summed E-state index contributed by atoms with van der Waals surface area (Å²) in [6.07, 6.45) is 2.54. The van der Waals surface area contributed by atoms with Crippen LogP contribution in [0.3, 0.4) is 0 Å². The first-order valence-electron chi connectivity index (χ1n) is 4.94. The van der Waals surface area contributed by atoms with Gasteiger partial charge in [-0.3, -0.25) is 0 Å². The fraction of sp³-hybridized carbons (Fsp3) is 0.700. The maximum absolute atomic E-state index is 5.23. The van der Waals surface area contributed by atoms with E-state index < -0.39 is 0 Å². The minimum absolute atomic E-state index is 0.501. The molecule has 72 valence electrons. The number of aromatic nitrogens is 1. The molecule has 0 spiro atoms. The molecule has 1 aromatic heterocycles. The third-order valence-electron chi connectivity index (χ3n) is 2.25. The normalized spacial score (nSPS) is 16.8. The van der Waals surface area contributed by atoms with Gasteiger partial charge in [0.2, 0.25) is 0 Å². The quantitative estimate of drug-likeness (QED) is 0.770. The van der Waals surface area contributed by atoms with Crippen molar-refractivity contribution in [2.75, 3.05) is 0 Å². The summed E-state index contributed by atoms with van der Waals surface area (Å²) in [6.45, 7) is 5.07. The van der Waals surface area contributed by atoms with Gasteiger partial charge in [-0.15, -0.1) is 0 Å². The fourth-order valence-electron chi connectivity index (χ4n) is 1.28. The molecule has 0 aliphatic heterocycles. The highest BCUT2D eigenvalue weighted by Crippen LogP contribution is 2.40. The molecule has 1 heterocycles. The minimum atomic E-state index is 0.501. The van der Waals surface area contributed by atoms with Crippen molar-refractivity contribution in [3.63, 3.8) is 0 Å². The molecule has 0 unspecified atom stereocenters. The first-order valence-corrected chi connectivity index (χ1v) is 4.94. The smallest absolute Gasteiger partial charge is 0.140 e. The molecule has 1 N–H and O–H groups in total. The lowest BCUT2D eigenvalue weighted by atomic mass is 10.3. The molecule has 0 amide bonds. The number of nitrogens with zero attached hydrogens (tertiary/aromatic N) is 1. The molecule has 3 heteroatoms. The molecule has 1 aromatic rings. The zero-order chi connectivity index (χ0) is 9.26. The Labute approximate surface area is 78.5 Å². The van der Waals surface area contributed by atoms with Gasteiger partial charge in [0.05, 0.1) is 5.69 Å².